The van der Waals surface area contributed by atoms with E-state index in [0.29, 0.717) is 12.4 Å². The number of hydrogen-bond acceptors (Lipinski definition) is 2. The van der Waals surface area contributed by atoms with E-state index < -0.39 is 5.82 Å². The van der Waals surface area contributed by atoms with Gasteiger partial charge in [0.05, 0.1) is 12.4 Å². The Bertz CT molecular complexity index is 468. The van der Waals surface area contributed by atoms with E-state index in [4.69, 9.17) is 4.74 Å². The molecule has 0 amide bonds. The Hall–Kier alpha value is -1.90. The summed E-state index contributed by atoms with van der Waals surface area (Å²) in [4.78, 5) is 3.70. The molecule has 16 heavy (non-hydrogen) atoms. The average Bonchev–Trinajstić information content (AvgIpc) is 2.28. The number of ether oxygens (including phenoxy) is 1. The van der Waals surface area contributed by atoms with Crippen LogP contribution >= 0.6 is 0 Å². The maximum absolute atomic E-state index is 12.8. The molecule has 1 heterocycles. The van der Waals surface area contributed by atoms with Crippen molar-refractivity contribution in [3.05, 3.63) is 66.6 Å². The van der Waals surface area contributed by atoms with Crippen LogP contribution in [0.4, 0.5) is 4.39 Å². The molecule has 0 saturated heterocycles. The lowest BCUT2D eigenvalue weighted by Crippen LogP contribution is -1.96. The van der Waals surface area contributed by atoms with E-state index >= 15 is 0 Å². The molecule has 0 aliphatic carbocycles. The van der Waals surface area contributed by atoms with Crippen molar-refractivity contribution >= 4 is 0 Å². The highest BCUT2D eigenvalue weighted by Crippen LogP contribution is 2.12. The lowest BCUT2D eigenvalue weighted by Gasteiger charge is -2.05. The van der Waals surface area contributed by atoms with Crippen molar-refractivity contribution in [3.63, 3.8) is 0 Å². The Morgan fingerprint density at radius 1 is 1.19 bits per heavy atom. The van der Waals surface area contributed by atoms with Gasteiger partial charge < -0.3 is 4.74 Å². The minimum absolute atomic E-state index is 0.394. The van der Waals surface area contributed by atoms with Gasteiger partial charge in [-0.3, -0.25) is 4.98 Å². The van der Waals surface area contributed by atoms with Gasteiger partial charge in [-0.15, -0.1) is 0 Å². The minimum Gasteiger partial charge on any atom is -0.487 e. The van der Waals surface area contributed by atoms with Gasteiger partial charge >= 0.3 is 0 Å². The summed E-state index contributed by atoms with van der Waals surface area (Å²) in [6.07, 6.45) is 2.63. The molecular weight excluding hydrogens is 205 g/mol. The number of hydrogen-bond donors (Lipinski definition) is 0. The van der Waals surface area contributed by atoms with Crippen LogP contribution in [0, 0.1) is 12.7 Å². The fourth-order valence-corrected chi connectivity index (χ4v) is 1.27. The Labute approximate surface area is 93.7 Å². The van der Waals surface area contributed by atoms with Crippen LogP contribution in [-0.4, -0.2) is 4.98 Å². The fraction of sp³-hybridized carbons (Fsp3) is 0.0769. The second-order valence-electron chi connectivity index (χ2n) is 3.44. The number of benzene rings is 1. The van der Waals surface area contributed by atoms with E-state index in [0.717, 1.165) is 17.3 Å². The van der Waals surface area contributed by atoms with Gasteiger partial charge in [0.2, 0.25) is 0 Å². The van der Waals surface area contributed by atoms with Crippen molar-refractivity contribution in [2.45, 2.75) is 6.61 Å². The monoisotopic (exact) mass is 216 g/mol. The van der Waals surface area contributed by atoms with Gasteiger partial charge in [0, 0.05) is 6.07 Å². The first-order valence-corrected chi connectivity index (χ1v) is 4.88. The Morgan fingerprint density at radius 3 is 2.62 bits per heavy atom. The van der Waals surface area contributed by atoms with Crippen LogP contribution in [0.15, 0.2) is 42.7 Å². The molecular formula is C13H11FNO. The summed E-state index contributed by atoms with van der Waals surface area (Å²) in [5.41, 5.74) is 1.97. The summed E-state index contributed by atoms with van der Waals surface area (Å²) in [5.74, 6) is 0.0318. The molecule has 2 nitrogen and oxygen atoms in total. The van der Waals surface area contributed by atoms with E-state index in [1.165, 1.54) is 12.3 Å². The fourth-order valence-electron chi connectivity index (χ4n) is 1.27. The molecule has 0 saturated carbocycles. The Kier molecular flexibility index (Phi) is 3.15. The second kappa shape index (κ2) is 4.75. The SMILES string of the molecule is [CH2]c1ccc(COc2cncc(F)c2)cc1. The summed E-state index contributed by atoms with van der Waals surface area (Å²) in [7, 11) is 0. The summed E-state index contributed by atoms with van der Waals surface area (Å²) in [6, 6.07) is 8.97. The van der Waals surface area contributed by atoms with Crippen LogP contribution in [-0.2, 0) is 6.61 Å². The largest absolute Gasteiger partial charge is 0.487 e. The van der Waals surface area contributed by atoms with Crippen LogP contribution in [0.3, 0.4) is 0 Å². The molecule has 2 rings (SSSR count). The molecule has 0 unspecified atom stereocenters. The van der Waals surface area contributed by atoms with E-state index in [9.17, 15) is 4.39 Å². The average molecular weight is 216 g/mol. The third-order valence-electron chi connectivity index (χ3n) is 2.11. The van der Waals surface area contributed by atoms with Gasteiger partial charge in [0.25, 0.3) is 0 Å². The number of nitrogens with zero attached hydrogens (tertiary/aromatic N) is 1. The number of pyridine rings is 1. The minimum atomic E-state index is -0.398. The molecule has 2 aromatic rings. The van der Waals surface area contributed by atoms with E-state index in [2.05, 4.69) is 11.9 Å². The van der Waals surface area contributed by atoms with Crippen molar-refractivity contribution in [3.8, 4) is 5.75 Å². The summed E-state index contributed by atoms with van der Waals surface area (Å²) < 4.78 is 18.2. The van der Waals surface area contributed by atoms with E-state index in [-0.39, 0.29) is 0 Å². The van der Waals surface area contributed by atoms with Crippen molar-refractivity contribution in [1.29, 1.82) is 0 Å². The number of rotatable bonds is 3. The Morgan fingerprint density at radius 2 is 1.94 bits per heavy atom. The molecule has 0 aliphatic heterocycles. The second-order valence-corrected chi connectivity index (χ2v) is 3.44. The first-order valence-electron chi connectivity index (χ1n) is 4.88. The number of aromatic nitrogens is 1. The first-order chi connectivity index (χ1) is 7.74. The van der Waals surface area contributed by atoms with Crippen LogP contribution in [0.25, 0.3) is 0 Å². The van der Waals surface area contributed by atoms with Gasteiger partial charge in [-0.25, -0.2) is 4.39 Å². The molecule has 81 valence electrons. The number of halogens is 1. The van der Waals surface area contributed by atoms with E-state index in [1.807, 2.05) is 24.3 Å². The lowest BCUT2D eigenvalue weighted by molar-refractivity contribution is 0.303. The Balaban J connectivity index is 1.99. The normalized spacial score (nSPS) is 10.1. The maximum atomic E-state index is 12.8. The lowest BCUT2D eigenvalue weighted by atomic mass is 10.2. The third-order valence-corrected chi connectivity index (χ3v) is 2.11. The van der Waals surface area contributed by atoms with Crippen LogP contribution in [0.5, 0.6) is 5.75 Å². The van der Waals surface area contributed by atoms with Gasteiger partial charge in [-0.1, -0.05) is 24.3 Å². The quantitative estimate of drug-likeness (QED) is 0.786. The molecule has 1 aromatic heterocycles. The molecule has 0 bridgehead atoms. The highest BCUT2D eigenvalue weighted by atomic mass is 19.1. The molecule has 0 fully saturated rings. The summed E-state index contributed by atoms with van der Waals surface area (Å²) >= 11 is 0. The van der Waals surface area contributed by atoms with Crippen molar-refractivity contribution in [2.24, 2.45) is 0 Å². The van der Waals surface area contributed by atoms with Crippen LogP contribution < -0.4 is 4.74 Å². The highest BCUT2D eigenvalue weighted by Gasteiger charge is 1.98. The van der Waals surface area contributed by atoms with Crippen molar-refractivity contribution < 1.29 is 9.13 Å². The standard InChI is InChI=1S/C13H11FNO/c1-10-2-4-11(5-3-10)9-16-13-6-12(14)7-15-8-13/h2-8H,1,9H2. The van der Waals surface area contributed by atoms with Crippen molar-refractivity contribution in [2.75, 3.05) is 0 Å². The summed E-state index contributed by atoms with van der Waals surface area (Å²) in [6.45, 7) is 4.19. The third kappa shape index (κ3) is 2.79. The predicted octanol–water partition coefficient (Wildman–Crippen LogP) is 2.98. The molecule has 0 spiro atoms. The molecule has 1 aromatic carbocycles. The summed E-state index contributed by atoms with van der Waals surface area (Å²) in [5, 5.41) is 0. The van der Waals surface area contributed by atoms with Crippen LogP contribution in [0.2, 0.25) is 0 Å². The van der Waals surface area contributed by atoms with Crippen molar-refractivity contribution in [1.82, 2.24) is 4.98 Å². The van der Waals surface area contributed by atoms with Gasteiger partial charge in [-0.2, -0.15) is 0 Å². The van der Waals surface area contributed by atoms with Gasteiger partial charge in [0.1, 0.15) is 18.2 Å². The molecule has 0 atom stereocenters. The van der Waals surface area contributed by atoms with Gasteiger partial charge in [-0.05, 0) is 18.1 Å². The zero-order valence-electron chi connectivity index (χ0n) is 8.69. The highest BCUT2D eigenvalue weighted by molar-refractivity contribution is 5.24. The van der Waals surface area contributed by atoms with Gasteiger partial charge in [0.15, 0.2) is 0 Å². The maximum Gasteiger partial charge on any atom is 0.145 e. The smallest absolute Gasteiger partial charge is 0.145 e. The predicted molar refractivity (Wildman–Crippen MR) is 59.4 cm³/mol. The molecule has 0 N–H and O–H groups in total. The van der Waals surface area contributed by atoms with Crippen LogP contribution in [0.1, 0.15) is 11.1 Å². The zero-order valence-corrected chi connectivity index (χ0v) is 8.69. The zero-order chi connectivity index (χ0) is 11.4. The first kappa shape index (κ1) is 10.6. The molecule has 1 radical (unpaired) electrons. The molecule has 3 heteroatoms. The molecule has 0 aliphatic rings. The van der Waals surface area contributed by atoms with E-state index in [1.54, 1.807) is 0 Å². The topological polar surface area (TPSA) is 22.1 Å².